The van der Waals surface area contributed by atoms with E-state index in [1.165, 1.54) is 68.9 Å². The van der Waals surface area contributed by atoms with Gasteiger partial charge >= 0.3 is 0 Å². The summed E-state index contributed by atoms with van der Waals surface area (Å²) < 4.78 is 0. The molecule has 4 rings (SSSR count). The van der Waals surface area contributed by atoms with Crippen LogP contribution in [0.3, 0.4) is 0 Å². The fourth-order valence-electron chi connectivity index (χ4n) is 4.76. The fourth-order valence-corrected chi connectivity index (χ4v) is 4.76. The van der Waals surface area contributed by atoms with Gasteiger partial charge in [-0.05, 0) is 73.6 Å². The summed E-state index contributed by atoms with van der Waals surface area (Å²) in [4.78, 5) is 0. The number of hydrogen-bond donors (Lipinski definition) is 0. The van der Waals surface area contributed by atoms with Gasteiger partial charge in [-0.3, -0.25) is 0 Å². The van der Waals surface area contributed by atoms with Crippen molar-refractivity contribution in [1.82, 2.24) is 0 Å². The molecule has 0 nitrogen and oxygen atoms in total. The van der Waals surface area contributed by atoms with Gasteiger partial charge in [0.05, 0.1) is 0 Å². The first kappa shape index (κ1) is 17.3. The van der Waals surface area contributed by atoms with Crippen molar-refractivity contribution < 1.29 is 0 Å². The Morgan fingerprint density at radius 1 is 0.615 bits per heavy atom. The molecule has 1 saturated carbocycles. The van der Waals surface area contributed by atoms with Gasteiger partial charge in [0.2, 0.25) is 0 Å². The topological polar surface area (TPSA) is 0 Å². The minimum absolute atomic E-state index is 0.384. The highest BCUT2D eigenvalue weighted by Crippen LogP contribution is 2.43. The number of hydrogen-bond acceptors (Lipinski definition) is 0. The van der Waals surface area contributed by atoms with Crippen LogP contribution in [-0.2, 0) is 0 Å². The lowest BCUT2D eigenvalue weighted by Gasteiger charge is -2.30. The molecule has 0 aliphatic heterocycles. The van der Waals surface area contributed by atoms with E-state index in [9.17, 15) is 0 Å². The van der Waals surface area contributed by atoms with Gasteiger partial charge in [0, 0.05) is 5.92 Å². The second-order valence-electron chi connectivity index (χ2n) is 7.81. The van der Waals surface area contributed by atoms with Crippen LogP contribution in [0, 0.1) is 0 Å². The number of allylic oxidation sites excluding steroid dienone is 4. The molecule has 0 radical (unpaired) electrons. The summed E-state index contributed by atoms with van der Waals surface area (Å²) in [5.41, 5.74) is 7.94. The van der Waals surface area contributed by atoms with E-state index >= 15 is 0 Å². The van der Waals surface area contributed by atoms with Gasteiger partial charge in [-0.2, -0.15) is 0 Å². The first-order chi connectivity index (χ1) is 12.9. The summed E-state index contributed by atoms with van der Waals surface area (Å²) in [6, 6.07) is 22.4. The van der Waals surface area contributed by atoms with Crippen LogP contribution >= 0.6 is 0 Å². The van der Waals surface area contributed by atoms with Crippen molar-refractivity contribution in [3.63, 3.8) is 0 Å². The first-order valence-corrected chi connectivity index (χ1v) is 10.4. The molecule has 2 aliphatic carbocycles. The monoisotopic (exact) mass is 342 g/mol. The molecular weight excluding hydrogens is 312 g/mol. The summed E-state index contributed by atoms with van der Waals surface area (Å²) in [5.74, 6) is 0.384. The SMILES string of the molecule is C1=C(C(=C2CCCCC2)C(c2ccccc2)c2ccccc2)CCCC1. The van der Waals surface area contributed by atoms with E-state index < -0.39 is 0 Å². The van der Waals surface area contributed by atoms with Crippen LogP contribution in [0.2, 0.25) is 0 Å². The molecule has 2 aromatic rings. The minimum Gasteiger partial charge on any atom is -0.0810 e. The van der Waals surface area contributed by atoms with Crippen LogP contribution < -0.4 is 0 Å². The van der Waals surface area contributed by atoms with Crippen molar-refractivity contribution in [1.29, 1.82) is 0 Å². The highest BCUT2D eigenvalue weighted by atomic mass is 14.3. The highest BCUT2D eigenvalue weighted by molar-refractivity contribution is 5.51. The largest absolute Gasteiger partial charge is 0.0810 e. The van der Waals surface area contributed by atoms with Gasteiger partial charge in [0.25, 0.3) is 0 Å². The standard InChI is InChI=1S/C26H30/c1-5-13-21(14-6-1)25(22-15-7-2-8-16-22)26(23-17-9-3-10-18-23)24-19-11-4-12-20-24/h1-2,5-8,13-17,25H,3-4,9-12,18-20H2. The average Bonchev–Trinajstić information content (AvgIpc) is 2.74. The van der Waals surface area contributed by atoms with Crippen molar-refractivity contribution in [3.05, 3.63) is 94.6 Å². The summed E-state index contributed by atoms with van der Waals surface area (Å²) in [6.45, 7) is 0. The molecule has 0 unspecified atom stereocenters. The molecule has 134 valence electrons. The average molecular weight is 343 g/mol. The Morgan fingerprint density at radius 3 is 1.73 bits per heavy atom. The van der Waals surface area contributed by atoms with E-state index in [1.54, 1.807) is 16.7 Å². The Hall–Kier alpha value is -2.08. The quantitative estimate of drug-likeness (QED) is 0.537. The Bertz CT molecular complexity index is 717. The van der Waals surface area contributed by atoms with Gasteiger partial charge in [-0.1, -0.05) is 78.7 Å². The van der Waals surface area contributed by atoms with Crippen LogP contribution in [-0.4, -0.2) is 0 Å². The van der Waals surface area contributed by atoms with Crippen molar-refractivity contribution in [2.75, 3.05) is 0 Å². The predicted octanol–water partition coefficient (Wildman–Crippen LogP) is 7.58. The van der Waals surface area contributed by atoms with Gasteiger partial charge < -0.3 is 0 Å². The van der Waals surface area contributed by atoms with Gasteiger partial charge in [0.1, 0.15) is 0 Å². The van der Waals surface area contributed by atoms with Crippen LogP contribution in [0.5, 0.6) is 0 Å². The smallest absolute Gasteiger partial charge is 0.0342 e. The maximum absolute atomic E-state index is 2.55. The third-order valence-electron chi connectivity index (χ3n) is 6.03. The zero-order valence-corrected chi connectivity index (χ0v) is 15.8. The van der Waals surface area contributed by atoms with E-state index in [-0.39, 0.29) is 0 Å². The summed E-state index contributed by atoms with van der Waals surface area (Å²) in [6.07, 6.45) is 14.5. The third-order valence-corrected chi connectivity index (χ3v) is 6.03. The molecule has 0 atom stereocenters. The molecule has 26 heavy (non-hydrogen) atoms. The second-order valence-corrected chi connectivity index (χ2v) is 7.81. The van der Waals surface area contributed by atoms with Crippen LogP contribution in [0.4, 0.5) is 0 Å². The number of benzene rings is 2. The zero-order valence-electron chi connectivity index (χ0n) is 15.8. The van der Waals surface area contributed by atoms with E-state index in [1.807, 2.05) is 0 Å². The lowest BCUT2D eigenvalue weighted by Crippen LogP contribution is -2.13. The number of rotatable bonds is 4. The summed E-state index contributed by atoms with van der Waals surface area (Å²) in [5, 5.41) is 0. The van der Waals surface area contributed by atoms with Crippen molar-refractivity contribution >= 4 is 0 Å². The summed E-state index contributed by atoms with van der Waals surface area (Å²) in [7, 11) is 0. The van der Waals surface area contributed by atoms with Gasteiger partial charge in [-0.25, -0.2) is 0 Å². The van der Waals surface area contributed by atoms with Crippen molar-refractivity contribution in [2.45, 2.75) is 63.7 Å². The maximum Gasteiger partial charge on any atom is 0.0342 e. The second kappa shape index (κ2) is 8.54. The molecule has 0 bridgehead atoms. The Balaban J connectivity index is 1.88. The minimum atomic E-state index is 0.384. The lowest BCUT2D eigenvalue weighted by molar-refractivity contribution is 0.586. The lowest BCUT2D eigenvalue weighted by atomic mass is 9.74. The molecule has 0 saturated heterocycles. The Morgan fingerprint density at radius 2 is 1.19 bits per heavy atom. The van der Waals surface area contributed by atoms with Gasteiger partial charge in [-0.15, -0.1) is 0 Å². The molecular formula is C26H30. The van der Waals surface area contributed by atoms with Crippen LogP contribution in [0.15, 0.2) is 83.5 Å². The van der Waals surface area contributed by atoms with E-state index in [4.69, 9.17) is 0 Å². The Labute approximate surface area is 158 Å². The molecule has 0 N–H and O–H groups in total. The van der Waals surface area contributed by atoms with Crippen molar-refractivity contribution in [3.8, 4) is 0 Å². The molecule has 2 aromatic carbocycles. The summed E-state index contributed by atoms with van der Waals surface area (Å²) >= 11 is 0. The predicted molar refractivity (Wildman–Crippen MR) is 111 cm³/mol. The molecule has 1 fully saturated rings. The highest BCUT2D eigenvalue weighted by Gasteiger charge is 2.26. The molecule has 0 aromatic heterocycles. The third kappa shape index (κ3) is 3.85. The van der Waals surface area contributed by atoms with E-state index in [0.717, 1.165) is 0 Å². The molecule has 0 amide bonds. The molecule has 2 aliphatic rings. The first-order valence-electron chi connectivity index (χ1n) is 10.4. The maximum atomic E-state index is 2.55. The van der Waals surface area contributed by atoms with Crippen LogP contribution in [0.25, 0.3) is 0 Å². The van der Waals surface area contributed by atoms with E-state index in [2.05, 4.69) is 66.7 Å². The molecule has 0 heteroatoms. The van der Waals surface area contributed by atoms with Crippen molar-refractivity contribution in [2.24, 2.45) is 0 Å². The van der Waals surface area contributed by atoms with E-state index in [0.29, 0.717) is 5.92 Å². The van der Waals surface area contributed by atoms with Crippen LogP contribution in [0.1, 0.15) is 74.8 Å². The van der Waals surface area contributed by atoms with Gasteiger partial charge in [0.15, 0.2) is 0 Å². The normalized spacial score (nSPS) is 17.9. The zero-order chi connectivity index (χ0) is 17.6. The Kier molecular flexibility index (Phi) is 5.69. The fraction of sp³-hybridized carbons (Fsp3) is 0.385. The molecule has 0 spiro atoms. The molecule has 0 heterocycles.